The summed E-state index contributed by atoms with van der Waals surface area (Å²) in [5, 5.41) is 9.90. The molecule has 2 aliphatic rings. The number of phenols is 1. The summed E-state index contributed by atoms with van der Waals surface area (Å²) in [6, 6.07) is 7.87. The third-order valence-electron chi connectivity index (χ3n) is 4.22. The van der Waals surface area contributed by atoms with Gasteiger partial charge in [-0.2, -0.15) is 0 Å². The van der Waals surface area contributed by atoms with Gasteiger partial charge in [0.2, 0.25) is 0 Å². The summed E-state index contributed by atoms with van der Waals surface area (Å²) >= 11 is 3.44. The van der Waals surface area contributed by atoms with Gasteiger partial charge in [0, 0.05) is 28.1 Å². The fraction of sp³-hybridized carbons (Fsp3) is 0.235. The Morgan fingerprint density at radius 1 is 1.25 bits per heavy atom. The molecule has 24 heavy (non-hydrogen) atoms. The van der Waals surface area contributed by atoms with Crippen LogP contribution in [0.2, 0.25) is 0 Å². The van der Waals surface area contributed by atoms with Crippen molar-refractivity contribution in [3.8, 4) is 17.2 Å². The average Bonchev–Trinajstić information content (AvgIpc) is 2.72. The quantitative estimate of drug-likeness (QED) is 0.719. The van der Waals surface area contributed by atoms with Gasteiger partial charge in [0.15, 0.2) is 11.6 Å². The van der Waals surface area contributed by atoms with Gasteiger partial charge in [-0.1, -0.05) is 15.9 Å². The molecule has 0 saturated heterocycles. The molecule has 4 rings (SSSR count). The number of nitrogens with zero attached hydrogens (tertiary/aromatic N) is 1. The highest BCUT2D eigenvalue weighted by molar-refractivity contribution is 9.10. The second-order valence-corrected chi connectivity index (χ2v) is 6.73. The summed E-state index contributed by atoms with van der Waals surface area (Å²) in [5.74, 6) is 0.0682. The van der Waals surface area contributed by atoms with E-state index in [1.165, 1.54) is 6.07 Å². The van der Waals surface area contributed by atoms with E-state index in [1.807, 2.05) is 6.07 Å². The number of amidine groups is 1. The maximum Gasteiger partial charge on any atom is 0.169 e. The van der Waals surface area contributed by atoms with Crippen LogP contribution in [0.1, 0.15) is 17.5 Å². The minimum absolute atomic E-state index is 0.0321. The van der Waals surface area contributed by atoms with Crippen LogP contribution in [0.4, 0.5) is 4.39 Å². The van der Waals surface area contributed by atoms with Crippen LogP contribution in [0.15, 0.2) is 39.8 Å². The van der Waals surface area contributed by atoms with E-state index >= 15 is 0 Å². The predicted octanol–water partition coefficient (Wildman–Crippen LogP) is 3.42. The van der Waals surface area contributed by atoms with E-state index in [2.05, 4.69) is 20.9 Å². The number of hydrogen-bond donors (Lipinski definition) is 2. The van der Waals surface area contributed by atoms with Crippen molar-refractivity contribution in [2.45, 2.75) is 12.0 Å². The average molecular weight is 393 g/mol. The Hall–Kier alpha value is -2.12. The minimum atomic E-state index is -1.06. The second-order valence-electron chi connectivity index (χ2n) is 5.81. The Bertz CT molecular complexity index is 871. The summed E-state index contributed by atoms with van der Waals surface area (Å²) in [6.45, 7) is 0.605. The van der Waals surface area contributed by atoms with Gasteiger partial charge < -0.3 is 20.3 Å². The van der Waals surface area contributed by atoms with E-state index in [4.69, 9.17) is 15.2 Å². The van der Waals surface area contributed by atoms with Crippen LogP contribution in [-0.4, -0.2) is 24.2 Å². The molecule has 0 aliphatic carbocycles. The lowest BCUT2D eigenvalue weighted by Gasteiger charge is -2.36. The van der Waals surface area contributed by atoms with Crippen molar-refractivity contribution in [1.82, 2.24) is 0 Å². The Morgan fingerprint density at radius 3 is 2.92 bits per heavy atom. The van der Waals surface area contributed by atoms with Gasteiger partial charge >= 0.3 is 0 Å². The molecule has 3 N–H and O–H groups in total. The maximum atomic E-state index is 14.4. The molecule has 7 heteroatoms. The first kappa shape index (κ1) is 15.4. The minimum Gasteiger partial charge on any atom is -0.508 e. The third-order valence-corrected chi connectivity index (χ3v) is 4.71. The Balaban J connectivity index is 2.08. The fourth-order valence-electron chi connectivity index (χ4n) is 3.17. The molecule has 0 saturated carbocycles. The molecule has 2 aromatic rings. The molecule has 0 bridgehead atoms. The maximum absolute atomic E-state index is 14.4. The summed E-state index contributed by atoms with van der Waals surface area (Å²) in [6.07, 6.45) is 0.489. The Kier molecular flexibility index (Phi) is 3.51. The first-order chi connectivity index (χ1) is 11.5. The van der Waals surface area contributed by atoms with Crippen LogP contribution < -0.4 is 10.5 Å². The highest BCUT2D eigenvalue weighted by Gasteiger charge is 2.45. The highest BCUT2D eigenvalue weighted by Crippen LogP contribution is 2.52. The van der Waals surface area contributed by atoms with Gasteiger partial charge in [-0.3, -0.25) is 4.99 Å². The van der Waals surface area contributed by atoms with E-state index in [0.29, 0.717) is 35.7 Å². The zero-order valence-electron chi connectivity index (χ0n) is 12.6. The first-order valence-electron chi connectivity index (χ1n) is 7.42. The molecule has 1 unspecified atom stereocenters. The van der Waals surface area contributed by atoms with Gasteiger partial charge in [-0.25, -0.2) is 4.39 Å². The molecule has 1 spiro atoms. The van der Waals surface area contributed by atoms with Gasteiger partial charge in [0.05, 0.1) is 19.0 Å². The molecular weight excluding hydrogens is 379 g/mol. The van der Waals surface area contributed by atoms with Crippen LogP contribution in [-0.2, 0) is 10.3 Å². The van der Waals surface area contributed by atoms with Crippen LogP contribution in [0, 0.1) is 5.82 Å². The van der Waals surface area contributed by atoms with Crippen molar-refractivity contribution in [2.75, 3.05) is 13.2 Å². The summed E-state index contributed by atoms with van der Waals surface area (Å²) in [5.41, 5.74) is 6.07. The molecular formula is C17H14BrFN2O3. The number of nitrogens with two attached hydrogens (primary N) is 1. The molecule has 2 heterocycles. The van der Waals surface area contributed by atoms with Crippen molar-refractivity contribution < 1.29 is 19.0 Å². The largest absolute Gasteiger partial charge is 0.508 e. The predicted molar refractivity (Wildman–Crippen MR) is 90.1 cm³/mol. The third kappa shape index (κ3) is 2.27. The smallest absolute Gasteiger partial charge is 0.169 e. The van der Waals surface area contributed by atoms with Crippen LogP contribution in [0.3, 0.4) is 0 Å². The lowest BCUT2D eigenvalue weighted by atomic mass is 9.81. The number of halogens is 2. The Morgan fingerprint density at radius 2 is 2.08 bits per heavy atom. The normalized spacial score (nSPS) is 22.2. The molecule has 5 nitrogen and oxygen atoms in total. The fourth-order valence-corrected chi connectivity index (χ4v) is 3.53. The summed E-state index contributed by atoms with van der Waals surface area (Å²) in [7, 11) is 0. The van der Waals surface area contributed by atoms with Gasteiger partial charge in [-0.15, -0.1) is 0 Å². The number of ether oxygens (including phenoxy) is 2. The summed E-state index contributed by atoms with van der Waals surface area (Å²) < 4.78 is 26.7. The van der Waals surface area contributed by atoms with Gasteiger partial charge in [0.25, 0.3) is 0 Å². The van der Waals surface area contributed by atoms with Crippen LogP contribution in [0.5, 0.6) is 17.2 Å². The van der Waals surface area contributed by atoms with E-state index in [-0.39, 0.29) is 18.1 Å². The topological polar surface area (TPSA) is 77.1 Å². The molecule has 0 fully saturated rings. The van der Waals surface area contributed by atoms with Crippen LogP contribution in [0.25, 0.3) is 0 Å². The Labute approximate surface area is 146 Å². The second kappa shape index (κ2) is 5.46. The van der Waals surface area contributed by atoms with E-state index in [0.717, 1.165) is 10.5 Å². The molecule has 2 aromatic carbocycles. The number of fused-ring (bicyclic) bond motifs is 4. The number of phenolic OH excluding ortho intramolecular Hbond substituents is 1. The van der Waals surface area contributed by atoms with Crippen molar-refractivity contribution in [3.63, 3.8) is 0 Å². The number of benzene rings is 2. The number of rotatable bonds is 0. The first-order valence-corrected chi connectivity index (χ1v) is 8.22. The molecule has 124 valence electrons. The standard InChI is InChI=1S/C17H14BrFN2O3/c18-9-1-2-14-11(5-9)17(8-23-4-3-15(20)21-17)12-6-10(22)7-13(19)16(12)24-14/h1-2,5-7,22H,3-4,8H2,(H2,20,21). The van der Waals surface area contributed by atoms with Crippen molar-refractivity contribution in [2.24, 2.45) is 10.7 Å². The number of hydrogen-bond acceptors (Lipinski definition) is 5. The molecule has 0 radical (unpaired) electrons. The molecule has 1 atom stereocenters. The zero-order chi connectivity index (χ0) is 16.9. The van der Waals surface area contributed by atoms with E-state index < -0.39 is 11.4 Å². The van der Waals surface area contributed by atoms with Gasteiger partial charge in [0.1, 0.15) is 17.0 Å². The lowest BCUT2D eigenvalue weighted by Crippen LogP contribution is -2.35. The van der Waals surface area contributed by atoms with Gasteiger partial charge in [-0.05, 0) is 24.3 Å². The highest BCUT2D eigenvalue weighted by atomic mass is 79.9. The molecule has 0 aromatic heterocycles. The van der Waals surface area contributed by atoms with Crippen LogP contribution >= 0.6 is 15.9 Å². The van der Waals surface area contributed by atoms with Crippen molar-refractivity contribution in [3.05, 3.63) is 51.7 Å². The van der Waals surface area contributed by atoms with E-state index in [9.17, 15) is 9.50 Å². The lowest BCUT2D eigenvalue weighted by molar-refractivity contribution is 0.106. The summed E-state index contributed by atoms with van der Waals surface area (Å²) in [4.78, 5) is 4.66. The molecule has 0 amide bonds. The van der Waals surface area contributed by atoms with E-state index in [1.54, 1.807) is 12.1 Å². The monoisotopic (exact) mass is 392 g/mol. The van der Waals surface area contributed by atoms with Crippen molar-refractivity contribution >= 4 is 21.8 Å². The SMILES string of the molecule is NC1=NC2(COCC1)c1cc(Br)ccc1Oc1c(F)cc(O)cc12. The molecule has 2 aliphatic heterocycles. The zero-order valence-corrected chi connectivity index (χ0v) is 14.1. The number of aliphatic imine (C=N–C) groups is 1. The van der Waals surface area contributed by atoms with Crippen molar-refractivity contribution in [1.29, 1.82) is 0 Å². The number of aromatic hydroxyl groups is 1.